The van der Waals surface area contributed by atoms with Crippen LogP contribution in [0, 0.1) is 0 Å². The number of amides is 4. The number of methoxy groups -OCH3 is 1. The second-order valence-corrected chi connectivity index (χ2v) is 14.0. The molecular formula is C42H50N8O6. The maximum atomic E-state index is 13.4. The number of nitrogens with two attached hydrogens (primary N) is 1. The summed E-state index contributed by atoms with van der Waals surface area (Å²) in [5, 5.41) is 13.3. The van der Waals surface area contributed by atoms with Crippen molar-refractivity contribution in [3.05, 3.63) is 108 Å². The standard InChI is InChI=1S/C42H50N8O6/c1-7-11-29(24-27(8-2)39(52)44-18-19-50-20-22-55-23-21-50)46-40-45-17-16-36(49-40)56-35-15-14-33(30-12-9-10-13-31(30)35)47-41(53)48-34-26-28(42(3,4)5)25-32(38(43)51)37(34)54-6/h8-17,24-26H,2,7,18-23H2,1,3-6H3,(H2,43,51)(H,44,52)(H,45,46,49)(H2,47,48,53)/b27-24+,29-11+. The molecule has 0 radical (unpaired) electrons. The topological polar surface area (TPSA) is 182 Å². The van der Waals surface area contributed by atoms with Gasteiger partial charge in [0, 0.05) is 60.5 Å². The summed E-state index contributed by atoms with van der Waals surface area (Å²) in [4.78, 5) is 49.9. The van der Waals surface area contributed by atoms with Gasteiger partial charge in [0.05, 0.1) is 37.3 Å². The van der Waals surface area contributed by atoms with Gasteiger partial charge in [-0.3, -0.25) is 14.5 Å². The highest BCUT2D eigenvalue weighted by Gasteiger charge is 2.23. The maximum Gasteiger partial charge on any atom is 0.323 e. The number of ether oxygens (including phenoxy) is 3. The van der Waals surface area contributed by atoms with Crippen LogP contribution in [0.25, 0.3) is 10.8 Å². The van der Waals surface area contributed by atoms with Gasteiger partial charge in [0.1, 0.15) is 5.75 Å². The van der Waals surface area contributed by atoms with Crippen LogP contribution in [-0.4, -0.2) is 79.2 Å². The smallest absolute Gasteiger partial charge is 0.323 e. The monoisotopic (exact) mass is 762 g/mol. The van der Waals surface area contributed by atoms with Crippen molar-refractivity contribution in [3.63, 3.8) is 0 Å². The highest BCUT2D eigenvalue weighted by Crippen LogP contribution is 2.37. The molecule has 14 heteroatoms. The number of benzene rings is 3. The Morgan fingerprint density at radius 1 is 1.00 bits per heavy atom. The van der Waals surface area contributed by atoms with Gasteiger partial charge >= 0.3 is 6.03 Å². The molecule has 1 aromatic heterocycles. The van der Waals surface area contributed by atoms with Gasteiger partial charge in [-0.1, -0.05) is 70.7 Å². The molecule has 1 aliphatic rings. The Labute approximate surface area is 327 Å². The van der Waals surface area contributed by atoms with Crippen molar-refractivity contribution in [2.45, 2.75) is 39.5 Å². The number of urea groups is 1. The third kappa shape index (κ3) is 10.7. The molecule has 2 heterocycles. The Morgan fingerprint density at radius 2 is 1.73 bits per heavy atom. The Hall–Kier alpha value is -6.25. The molecule has 6 N–H and O–H groups in total. The average molecular weight is 763 g/mol. The summed E-state index contributed by atoms with van der Waals surface area (Å²) in [6, 6.07) is 15.5. The molecule has 294 valence electrons. The first-order valence-electron chi connectivity index (χ1n) is 18.4. The van der Waals surface area contributed by atoms with E-state index in [1.165, 1.54) is 13.2 Å². The summed E-state index contributed by atoms with van der Waals surface area (Å²) in [6.07, 6.45) is 7.41. The van der Waals surface area contributed by atoms with E-state index in [0.29, 0.717) is 65.3 Å². The molecule has 0 aliphatic carbocycles. The highest BCUT2D eigenvalue weighted by molar-refractivity contribution is 6.09. The summed E-state index contributed by atoms with van der Waals surface area (Å²) < 4.78 is 17.2. The van der Waals surface area contributed by atoms with Gasteiger partial charge in [-0.2, -0.15) is 4.98 Å². The zero-order valence-corrected chi connectivity index (χ0v) is 32.5. The van der Waals surface area contributed by atoms with E-state index >= 15 is 0 Å². The van der Waals surface area contributed by atoms with E-state index in [2.05, 4.69) is 42.7 Å². The molecule has 5 rings (SSSR count). The van der Waals surface area contributed by atoms with Crippen LogP contribution in [0.4, 0.5) is 22.1 Å². The summed E-state index contributed by atoms with van der Waals surface area (Å²) in [6.45, 7) is 16.2. The van der Waals surface area contributed by atoms with Gasteiger partial charge < -0.3 is 41.2 Å². The van der Waals surface area contributed by atoms with Crippen molar-refractivity contribution in [1.29, 1.82) is 0 Å². The lowest BCUT2D eigenvalue weighted by molar-refractivity contribution is -0.117. The van der Waals surface area contributed by atoms with E-state index in [1.54, 1.807) is 42.6 Å². The molecule has 0 saturated carbocycles. The zero-order valence-electron chi connectivity index (χ0n) is 32.5. The minimum Gasteiger partial charge on any atom is -0.494 e. The van der Waals surface area contributed by atoms with E-state index in [1.807, 2.05) is 58.0 Å². The fourth-order valence-electron chi connectivity index (χ4n) is 6.01. The fraction of sp³-hybridized carbons (Fsp3) is 0.310. The van der Waals surface area contributed by atoms with Gasteiger partial charge in [0.25, 0.3) is 11.8 Å². The Bertz CT molecular complexity index is 2140. The van der Waals surface area contributed by atoms with E-state index in [9.17, 15) is 14.4 Å². The van der Waals surface area contributed by atoms with Crippen LogP contribution in [-0.2, 0) is 14.9 Å². The number of nitrogens with zero attached hydrogens (tertiary/aromatic N) is 3. The molecule has 14 nitrogen and oxygen atoms in total. The van der Waals surface area contributed by atoms with Gasteiger partial charge in [-0.15, -0.1) is 0 Å². The number of anilines is 3. The van der Waals surface area contributed by atoms with Crippen molar-refractivity contribution in [1.82, 2.24) is 20.2 Å². The lowest BCUT2D eigenvalue weighted by atomic mass is 9.85. The predicted octanol–water partition coefficient (Wildman–Crippen LogP) is 6.74. The molecule has 0 spiro atoms. The zero-order chi connectivity index (χ0) is 40.2. The molecule has 1 fully saturated rings. The molecule has 4 aromatic rings. The number of carbonyl (C=O) groups is 3. The van der Waals surface area contributed by atoms with E-state index in [0.717, 1.165) is 25.2 Å². The summed E-state index contributed by atoms with van der Waals surface area (Å²) in [7, 11) is 1.41. The molecule has 4 amide bonds. The van der Waals surface area contributed by atoms with E-state index in [4.69, 9.17) is 19.9 Å². The number of carbonyl (C=O) groups excluding carboxylic acids is 3. The first kappa shape index (κ1) is 40.9. The van der Waals surface area contributed by atoms with E-state index < -0.39 is 11.9 Å². The lowest BCUT2D eigenvalue weighted by Gasteiger charge is -2.26. The molecule has 0 unspecified atom stereocenters. The van der Waals surface area contributed by atoms with Crippen LogP contribution in [0.1, 0.15) is 50.0 Å². The number of primary amides is 1. The predicted molar refractivity (Wildman–Crippen MR) is 219 cm³/mol. The molecular weight excluding hydrogens is 713 g/mol. The first-order valence-corrected chi connectivity index (χ1v) is 18.4. The summed E-state index contributed by atoms with van der Waals surface area (Å²) in [5.74, 6) is 0.295. The minimum atomic E-state index is -0.670. The number of aromatic nitrogens is 2. The number of hydrogen-bond acceptors (Lipinski definition) is 10. The molecule has 1 saturated heterocycles. The van der Waals surface area contributed by atoms with Crippen LogP contribution in [0.15, 0.2) is 96.9 Å². The largest absolute Gasteiger partial charge is 0.494 e. The van der Waals surface area contributed by atoms with Crippen molar-refractivity contribution in [3.8, 4) is 17.4 Å². The highest BCUT2D eigenvalue weighted by atomic mass is 16.5. The van der Waals surface area contributed by atoms with Gasteiger partial charge in [0.2, 0.25) is 11.8 Å². The number of nitrogens with one attached hydrogen (secondary N) is 4. The molecule has 56 heavy (non-hydrogen) atoms. The Balaban J connectivity index is 1.30. The maximum absolute atomic E-state index is 13.4. The first-order chi connectivity index (χ1) is 26.9. The number of hydrogen-bond donors (Lipinski definition) is 5. The lowest BCUT2D eigenvalue weighted by Crippen LogP contribution is -2.41. The molecule has 0 atom stereocenters. The van der Waals surface area contributed by atoms with Gasteiger partial charge in [-0.05, 0) is 47.7 Å². The number of morpholine rings is 1. The van der Waals surface area contributed by atoms with E-state index in [-0.39, 0.29) is 34.5 Å². The molecule has 1 aliphatic heterocycles. The summed E-state index contributed by atoms with van der Waals surface area (Å²) in [5.41, 5.74) is 8.13. The van der Waals surface area contributed by atoms with Crippen LogP contribution in [0.2, 0.25) is 0 Å². The van der Waals surface area contributed by atoms with Crippen molar-refractivity contribution < 1.29 is 28.6 Å². The average Bonchev–Trinajstić information content (AvgIpc) is 3.17. The Kier molecular flexibility index (Phi) is 13.8. The van der Waals surface area contributed by atoms with Crippen LogP contribution >= 0.6 is 0 Å². The van der Waals surface area contributed by atoms with Crippen LogP contribution < -0.4 is 36.5 Å². The summed E-state index contributed by atoms with van der Waals surface area (Å²) >= 11 is 0. The third-order valence-electron chi connectivity index (χ3n) is 8.94. The Morgan fingerprint density at radius 3 is 2.41 bits per heavy atom. The number of allylic oxidation sites excluding steroid dienone is 2. The van der Waals surface area contributed by atoms with Crippen LogP contribution in [0.3, 0.4) is 0 Å². The van der Waals surface area contributed by atoms with Crippen LogP contribution in [0.5, 0.6) is 17.4 Å². The normalized spacial score (nSPS) is 13.8. The third-order valence-corrected chi connectivity index (χ3v) is 8.94. The minimum absolute atomic E-state index is 0.166. The second-order valence-electron chi connectivity index (χ2n) is 14.0. The number of rotatable bonds is 15. The van der Waals surface area contributed by atoms with Gasteiger partial charge in [-0.25, -0.2) is 9.78 Å². The van der Waals surface area contributed by atoms with Crippen molar-refractivity contribution >= 4 is 45.9 Å². The SMILES string of the molecule is C=C/C(=C\C(=C/CC)Nc1nccc(Oc2ccc(NC(=O)Nc3cc(C(C)(C)C)cc(C(N)=O)c3OC)c3ccccc23)n1)C(=O)NCCN1CCOCC1. The van der Waals surface area contributed by atoms with Crippen molar-refractivity contribution in [2.24, 2.45) is 5.73 Å². The fourth-order valence-corrected chi connectivity index (χ4v) is 6.01. The van der Waals surface area contributed by atoms with Gasteiger partial charge in [0.15, 0.2) is 5.75 Å². The molecule has 0 bridgehead atoms. The number of fused-ring (bicyclic) bond motifs is 1. The quantitative estimate of drug-likeness (QED) is 0.0643. The molecule has 3 aromatic carbocycles. The van der Waals surface area contributed by atoms with Crippen molar-refractivity contribution in [2.75, 3.05) is 62.5 Å². The second kappa shape index (κ2) is 18.9.